The van der Waals surface area contributed by atoms with E-state index in [4.69, 9.17) is 9.72 Å². The highest BCUT2D eigenvalue weighted by Crippen LogP contribution is 2.30. The van der Waals surface area contributed by atoms with Gasteiger partial charge in [0.2, 0.25) is 6.23 Å². The summed E-state index contributed by atoms with van der Waals surface area (Å²) in [7, 11) is 0. The molecule has 4 rings (SSSR count). The van der Waals surface area contributed by atoms with Gasteiger partial charge < -0.3 is 10.1 Å². The van der Waals surface area contributed by atoms with Crippen LogP contribution in [0.4, 0.5) is 0 Å². The number of carbonyl (C=O) groups excluding carboxylic acids is 2. The van der Waals surface area contributed by atoms with Crippen LogP contribution in [-0.2, 0) is 9.53 Å². The number of nitrogens with zero attached hydrogens (tertiary/aromatic N) is 2. The summed E-state index contributed by atoms with van der Waals surface area (Å²) in [5.41, 5.74) is 4.01. The van der Waals surface area contributed by atoms with Gasteiger partial charge in [-0.25, -0.2) is 4.98 Å². The topological polar surface area (TPSA) is 81.2 Å². The van der Waals surface area contributed by atoms with Crippen LogP contribution >= 0.6 is 0 Å². The Hall–Kier alpha value is -4.06. The minimum atomic E-state index is -1.00. The van der Waals surface area contributed by atoms with Gasteiger partial charge in [0, 0.05) is 24.1 Å². The van der Waals surface area contributed by atoms with Crippen LogP contribution in [0.1, 0.15) is 34.8 Å². The first-order valence-electron chi connectivity index (χ1n) is 9.88. The molecule has 0 aliphatic rings. The second-order valence-corrected chi connectivity index (χ2v) is 7.06. The summed E-state index contributed by atoms with van der Waals surface area (Å²) in [6.07, 6.45) is 0.580. The van der Waals surface area contributed by atoms with Gasteiger partial charge in [0.05, 0.1) is 16.8 Å². The summed E-state index contributed by atoms with van der Waals surface area (Å²) in [5, 5.41) is 3.54. The second-order valence-electron chi connectivity index (χ2n) is 7.06. The van der Waals surface area contributed by atoms with Gasteiger partial charge in [0.15, 0.2) is 0 Å². The van der Waals surface area contributed by atoms with Gasteiger partial charge in [-0.05, 0) is 30.7 Å². The number of hydrogen-bond donors (Lipinski definition) is 1. The second kappa shape index (κ2) is 8.75. The largest absolute Gasteiger partial charge is 0.436 e. The SMILES string of the molecule is CC(=O)OC(NC(=O)c1c(C)c(-c2ccccc2)nc2ccccc12)c1ccccn1. The Kier molecular flexibility index (Phi) is 5.71. The smallest absolute Gasteiger partial charge is 0.304 e. The Morgan fingerprint density at radius 1 is 0.935 bits per heavy atom. The van der Waals surface area contributed by atoms with Crippen molar-refractivity contribution in [1.29, 1.82) is 0 Å². The summed E-state index contributed by atoms with van der Waals surface area (Å²) >= 11 is 0. The van der Waals surface area contributed by atoms with Crippen LogP contribution in [0, 0.1) is 6.92 Å². The monoisotopic (exact) mass is 411 g/mol. The Labute approximate surface area is 179 Å². The van der Waals surface area contributed by atoms with Crippen molar-refractivity contribution < 1.29 is 14.3 Å². The zero-order valence-electron chi connectivity index (χ0n) is 17.2. The average molecular weight is 411 g/mol. The van der Waals surface area contributed by atoms with Gasteiger partial charge in [-0.15, -0.1) is 0 Å². The van der Waals surface area contributed by atoms with Crippen molar-refractivity contribution in [3.8, 4) is 11.3 Å². The molecule has 154 valence electrons. The van der Waals surface area contributed by atoms with E-state index in [-0.39, 0.29) is 5.91 Å². The van der Waals surface area contributed by atoms with E-state index in [2.05, 4.69) is 10.3 Å². The number of amides is 1. The Bertz CT molecular complexity index is 1240. The lowest BCUT2D eigenvalue weighted by Gasteiger charge is -2.20. The fraction of sp³-hybridized carbons (Fsp3) is 0.120. The van der Waals surface area contributed by atoms with Crippen molar-refractivity contribution in [2.45, 2.75) is 20.1 Å². The molecule has 6 nitrogen and oxygen atoms in total. The third-order valence-electron chi connectivity index (χ3n) is 4.91. The lowest BCUT2D eigenvalue weighted by molar-refractivity contribution is -0.147. The van der Waals surface area contributed by atoms with E-state index < -0.39 is 12.2 Å². The van der Waals surface area contributed by atoms with Crippen molar-refractivity contribution >= 4 is 22.8 Å². The number of nitrogens with one attached hydrogen (secondary N) is 1. The van der Waals surface area contributed by atoms with E-state index in [0.29, 0.717) is 16.8 Å². The number of para-hydroxylation sites is 1. The van der Waals surface area contributed by atoms with Crippen LogP contribution in [0.5, 0.6) is 0 Å². The highest BCUT2D eigenvalue weighted by Gasteiger charge is 2.24. The van der Waals surface area contributed by atoms with E-state index in [0.717, 1.165) is 22.2 Å². The molecule has 1 atom stereocenters. The van der Waals surface area contributed by atoms with Crippen molar-refractivity contribution in [2.24, 2.45) is 0 Å². The predicted molar refractivity (Wildman–Crippen MR) is 118 cm³/mol. The fourth-order valence-corrected chi connectivity index (χ4v) is 3.53. The minimum Gasteiger partial charge on any atom is -0.436 e. The molecule has 0 radical (unpaired) electrons. The van der Waals surface area contributed by atoms with Gasteiger partial charge in [0.1, 0.15) is 5.69 Å². The van der Waals surface area contributed by atoms with Crippen LogP contribution in [0.3, 0.4) is 0 Å². The van der Waals surface area contributed by atoms with Gasteiger partial charge >= 0.3 is 5.97 Å². The number of hydrogen-bond acceptors (Lipinski definition) is 5. The van der Waals surface area contributed by atoms with Gasteiger partial charge in [-0.2, -0.15) is 0 Å². The highest BCUT2D eigenvalue weighted by atomic mass is 16.6. The van der Waals surface area contributed by atoms with Crippen molar-refractivity contribution in [1.82, 2.24) is 15.3 Å². The molecular formula is C25H21N3O3. The van der Waals surface area contributed by atoms with Crippen LogP contribution in [-0.4, -0.2) is 21.8 Å². The van der Waals surface area contributed by atoms with Gasteiger partial charge in [0.25, 0.3) is 5.91 Å². The first kappa shape index (κ1) is 20.2. The van der Waals surface area contributed by atoms with Crippen LogP contribution in [0.25, 0.3) is 22.2 Å². The lowest BCUT2D eigenvalue weighted by Crippen LogP contribution is -2.32. The molecule has 2 heterocycles. The summed E-state index contributed by atoms with van der Waals surface area (Å²) < 4.78 is 5.35. The molecule has 6 heteroatoms. The number of esters is 1. The third-order valence-corrected chi connectivity index (χ3v) is 4.91. The molecular weight excluding hydrogens is 390 g/mol. The molecule has 1 amide bonds. The van der Waals surface area contributed by atoms with E-state index in [1.165, 1.54) is 6.92 Å². The summed E-state index contributed by atoms with van der Waals surface area (Å²) in [6.45, 7) is 3.17. The number of benzene rings is 2. The minimum absolute atomic E-state index is 0.370. The van der Waals surface area contributed by atoms with Gasteiger partial charge in [-0.1, -0.05) is 54.6 Å². The van der Waals surface area contributed by atoms with Crippen molar-refractivity contribution in [2.75, 3.05) is 0 Å². The van der Waals surface area contributed by atoms with Crippen molar-refractivity contribution in [3.63, 3.8) is 0 Å². The first-order valence-corrected chi connectivity index (χ1v) is 9.88. The van der Waals surface area contributed by atoms with Crippen molar-refractivity contribution in [3.05, 3.63) is 95.8 Å². The Morgan fingerprint density at radius 3 is 2.35 bits per heavy atom. The standard InChI is InChI=1S/C25H21N3O3/c1-16-22(24(30)28-25(31-17(2)29)21-14-8-9-15-26-21)19-12-6-7-13-20(19)27-23(16)18-10-4-3-5-11-18/h3-15,25H,1-2H3,(H,28,30). The molecule has 0 saturated carbocycles. The summed E-state index contributed by atoms with van der Waals surface area (Å²) in [4.78, 5) is 34.1. The molecule has 0 fully saturated rings. The van der Waals surface area contributed by atoms with E-state index in [1.54, 1.807) is 24.4 Å². The molecule has 2 aromatic heterocycles. The van der Waals surface area contributed by atoms with Gasteiger partial charge in [-0.3, -0.25) is 14.6 Å². The van der Waals surface area contributed by atoms with E-state index >= 15 is 0 Å². The molecule has 2 aromatic carbocycles. The van der Waals surface area contributed by atoms with E-state index in [1.807, 2.05) is 61.5 Å². The number of pyridine rings is 2. The average Bonchev–Trinajstić information content (AvgIpc) is 2.79. The van der Waals surface area contributed by atoms with Crippen LogP contribution in [0.15, 0.2) is 79.0 Å². The Balaban J connectivity index is 1.81. The highest BCUT2D eigenvalue weighted by molar-refractivity contribution is 6.09. The number of fused-ring (bicyclic) bond motifs is 1. The summed E-state index contributed by atoms with van der Waals surface area (Å²) in [5.74, 6) is -0.887. The zero-order chi connectivity index (χ0) is 21.8. The molecule has 1 unspecified atom stereocenters. The first-order chi connectivity index (χ1) is 15.0. The van der Waals surface area contributed by atoms with E-state index in [9.17, 15) is 9.59 Å². The fourth-order valence-electron chi connectivity index (χ4n) is 3.53. The third kappa shape index (κ3) is 4.28. The molecule has 0 spiro atoms. The Morgan fingerprint density at radius 2 is 1.65 bits per heavy atom. The molecule has 0 saturated heterocycles. The molecule has 31 heavy (non-hydrogen) atoms. The maximum Gasteiger partial charge on any atom is 0.304 e. The number of ether oxygens (including phenoxy) is 1. The summed E-state index contributed by atoms with van der Waals surface area (Å²) in [6, 6.07) is 22.4. The number of rotatable bonds is 5. The van der Waals surface area contributed by atoms with Crippen LogP contribution in [0.2, 0.25) is 0 Å². The predicted octanol–water partition coefficient (Wildman–Crippen LogP) is 4.60. The quantitative estimate of drug-likeness (QED) is 0.384. The number of carbonyl (C=O) groups is 2. The van der Waals surface area contributed by atoms with Crippen LogP contribution < -0.4 is 5.32 Å². The molecule has 0 aliphatic heterocycles. The molecule has 1 N–H and O–H groups in total. The maximum absolute atomic E-state index is 13.5. The zero-order valence-corrected chi connectivity index (χ0v) is 17.2. The molecule has 0 bridgehead atoms. The molecule has 0 aliphatic carbocycles. The number of aromatic nitrogens is 2. The molecule has 4 aromatic rings. The lowest BCUT2D eigenvalue weighted by atomic mass is 9.97. The normalized spacial score (nSPS) is 11.7. The maximum atomic E-state index is 13.5.